The van der Waals surface area contributed by atoms with Gasteiger partial charge >= 0.3 is 0 Å². The van der Waals surface area contributed by atoms with E-state index in [1.165, 1.54) is 42.1 Å². The van der Waals surface area contributed by atoms with Gasteiger partial charge in [0.05, 0.1) is 0 Å². The third kappa shape index (κ3) is 3.83. The minimum absolute atomic E-state index is 0.463. The lowest BCUT2D eigenvalue weighted by Gasteiger charge is -2.34. The maximum atomic E-state index is 3.70. The fourth-order valence-electron chi connectivity index (χ4n) is 3.33. The maximum absolute atomic E-state index is 3.70. The Morgan fingerprint density at radius 3 is 2.47 bits per heavy atom. The van der Waals surface area contributed by atoms with Crippen molar-refractivity contribution < 1.29 is 0 Å². The van der Waals surface area contributed by atoms with Crippen molar-refractivity contribution in [3.05, 3.63) is 32.7 Å². The fourth-order valence-corrected chi connectivity index (χ4v) is 4.20. The van der Waals surface area contributed by atoms with Gasteiger partial charge in [-0.1, -0.05) is 58.0 Å². The molecule has 0 aliphatic heterocycles. The molecule has 1 aromatic rings. The lowest BCUT2D eigenvalue weighted by atomic mass is 9.76. The minimum Gasteiger partial charge on any atom is -0.313 e. The van der Waals surface area contributed by atoms with E-state index in [4.69, 9.17) is 0 Å². The van der Waals surface area contributed by atoms with Crippen molar-refractivity contribution >= 4 is 31.9 Å². The first-order chi connectivity index (χ1) is 9.15. The first-order valence-corrected chi connectivity index (χ1v) is 8.86. The molecule has 1 aliphatic carbocycles. The minimum atomic E-state index is 0.463. The Morgan fingerprint density at radius 1 is 1.21 bits per heavy atom. The zero-order chi connectivity index (χ0) is 13.8. The van der Waals surface area contributed by atoms with Gasteiger partial charge in [0, 0.05) is 15.0 Å². The molecule has 2 rings (SSSR count). The summed E-state index contributed by atoms with van der Waals surface area (Å²) in [5.74, 6) is 1.72. The molecular formula is C16H23Br2N. The number of halogens is 2. The highest BCUT2D eigenvalue weighted by molar-refractivity contribution is 9.11. The summed E-state index contributed by atoms with van der Waals surface area (Å²) in [6.07, 6.45) is 6.83. The van der Waals surface area contributed by atoms with Crippen molar-refractivity contribution in [2.24, 2.45) is 11.8 Å². The van der Waals surface area contributed by atoms with Gasteiger partial charge in [-0.05, 0) is 55.5 Å². The van der Waals surface area contributed by atoms with Crippen LogP contribution >= 0.6 is 31.9 Å². The van der Waals surface area contributed by atoms with E-state index in [9.17, 15) is 0 Å². The van der Waals surface area contributed by atoms with Crippen LogP contribution in [0.3, 0.4) is 0 Å². The molecule has 3 heteroatoms. The van der Waals surface area contributed by atoms with Gasteiger partial charge in [0.1, 0.15) is 0 Å². The van der Waals surface area contributed by atoms with E-state index in [1.807, 2.05) is 0 Å². The first kappa shape index (κ1) is 15.5. The van der Waals surface area contributed by atoms with E-state index in [0.717, 1.165) is 16.3 Å². The molecule has 1 nitrogen and oxygen atoms in total. The molecule has 1 N–H and O–H groups in total. The van der Waals surface area contributed by atoms with Gasteiger partial charge in [-0.25, -0.2) is 0 Å². The molecule has 1 aliphatic rings. The van der Waals surface area contributed by atoms with Gasteiger partial charge in [-0.3, -0.25) is 0 Å². The van der Waals surface area contributed by atoms with Crippen molar-refractivity contribution in [1.82, 2.24) is 5.32 Å². The topological polar surface area (TPSA) is 12.0 Å². The Bertz CT molecular complexity index is 411. The smallest absolute Gasteiger partial charge is 0.0357 e. The summed E-state index contributed by atoms with van der Waals surface area (Å²) in [4.78, 5) is 0. The summed E-state index contributed by atoms with van der Waals surface area (Å²) < 4.78 is 2.38. The van der Waals surface area contributed by atoms with Crippen LogP contribution in [0, 0.1) is 11.8 Å². The molecule has 0 radical (unpaired) electrons. The molecule has 1 unspecified atom stereocenters. The molecule has 1 fully saturated rings. The maximum Gasteiger partial charge on any atom is 0.0357 e. The third-order valence-electron chi connectivity index (χ3n) is 4.54. The second-order valence-corrected chi connectivity index (χ2v) is 7.39. The van der Waals surface area contributed by atoms with Crippen LogP contribution in [0.4, 0.5) is 0 Å². The summed E-state index contributed by atoms with van der Waals surface area (Å²) in [5, 5.41) is 3.54. The molecule has 0 saturated heterocycles. The van der Waals surface area contributed by atoms with Gasteiger partial charge < -0.3 is 5.32 Å². The van der Waals surface area contributed by atoms with Crippen molar-refractivity contribution in [1.29, 1.82) is 0 Å². The van der Waals surface area contributed by atoms with Crippen molar-refractivity contribution in [2.75, 3.05) is 7.05 Å². The van der Waals surface area contributed by atoms with Crippen LogP contribution in [0.5, 0.6) is 0 Å². The average Bonchev–Trinajstić information content (AvgIpc) is 2.44. The predicted molar refractivity (Wildman–Crippen MR) is 89.4 cm³/mol. The molecule has 0 bridgehead atoms. The Morgan fingerprint density at radius 2 is 1.89 bits per heavy atom. The molecular weight excluding hydrogens is 366 g/mol. The summed E-state index contributed by atoms with van der Waals surface area (Å²) in [6, 6.07) is 6.94. The zero-order valence-electron chi connectivity index (χ0n) is 11.8. The van der Waals surface area contributed by atoms with Crippen molar-refractivity contribution in [2.45, 2.75) is 45.1 Å². The van der Waals surface area contributed by atoms with E-state index in [0.29, 0.717) is 6.04 Å². The second kappa shape index (κ2) is 7.24. The third-order valence-corrected chi connectivity index (χ3v) is 5.76. The number of hydrogen-bond acceptors (Lipinski definition) is 1. The molecule has 0 heterocycles. The standard InChI is InChI=1S/C16H23Br2N/c1-3-11-4-6-12(7-5-11)16(19-2)14-10-13(17)8-9-15(14)18/h8-12,16,19H,3-7H2,1-2H3. The van der Waals surface area contributed by atoms with Crippen LogP contribution in [-0.2, 0) is 0 Å². The summed E-state index contributed by atoms with van der Waals surface area (Å²) in [5.41, 5.74) is 1.39. The highest BCUT2D eigenvalue weighted by atomic mass is 79.9. The molecule has 0 aromatic heterocycles. The molecule has 1 saturated carbocycles. The van der Waals surface area contributed by atoms with E-state index in [1.54, 1.807) is 0 Å². The normalized spacial score (nSPS) is 25.3. The van der Waals surface area contributed by atoms with Gasteiger partial charge in [0.15, 0.2) is 0 Å². The van der Waals surface area contributed by atoms with Crippen LogP contribution in [0.15, 0.2) is 27.1 Å². The highest BCUT2D eigenvalue weighted by Crippen LogP contribution is 2.40. The van der Waals surface area contributed by atoms with Crippen LogP contribution in [-0.4, -0.2) is 7.05 Å². The van der Waals surface area contributed by atoms with Gasteiger partial charge in [0.2, 0.25) is 0 Å². The predicted octanol–water partition coefficient (Wildman–Crippen LogP) is 5.69. The number of benzene rings is 1. The fraction of sp³-hybridized carbons (Fsp3) is 0.625. The Hall–Kier alpha value is 0.140. The zero-order valence-corrected chi connectivity index (χ0v) is 14.9. The summed E-state index contributed by atoms with van der Waals surface area (Å²) >= 11 is 7.29. The highest BCUT2D eigenvalue weighted by Gasteiger charge is 2.28. The quantitative estimate of drug-likeness (QED) is 0.698. The van der Waals surface area contributed by atoms with Crippen molar-refractivity contribution in [3.63, 3.8) is 0 Å². The molecule has 0 amide bonds. The summed E-state index contributed by atoms with van der Waals surface area (Å²) in [6.45, 7) is 2.32. The number of nitrogens with one attached hydrogen (secondary N) is 1. The summed E-state index contributed by atoms with van der Waals surface area (Å²) in [7, 11) is 2.09. The van der Waals surface area contributed by atoms with Crippen LogP contribution < -0.4 is 5.32 Å². The molecule has 19 heavy (non-hydrogen) atoms. The lowest BCUT2D eigenvalue weighted by Crippen LogP contribution is -2.29. The molecule has 106 valence electrons. The average molecular weight is 389 g/mol. The first-order valence-electron chi connectivity index (χ1n) is 7.28. The molecule has 1 atom stereocenters. The lowest BCUT2D eigenvalue weighted by molar-refractivity contribution is 0.224. The van der Waals surface area contributed by atoms with E-state index in [-0.39, 0.29) is 0 Å². The van der Waals surface area contributed by atoms with E-state index < -0.39 is 0 Å². The molecule has 0 spiro atoms. The SMILES string of the molecule is CCC1CCC(C(NC)c2cc(Br)ccc2Br)CC1. The van der Waals surface area contributed by atoms with Crippen molar-refractivity contribution in [3.8, 4) is 0 Å². The van der Waals surface area contributed by atoms with Gasteiger partial charge in [-0.15, -0.1) is 0 Å². The Kier molecular flexibility index (Phi) is 5.91. The Balaban J connectivity index is 2.14. The van der Waals surface area contributed by atoms with Crippen LogP contribution in [0.1, 0.15) is 50.6 Å². The largest absolute Gasteiger partial charge is 0.313 e. The van der Waals surface area contributed by atoms with Gasteiger partial charge in [-0.2, -0.15) is 0 Å². The number of rotatable bonds is 4. The van der Waals surface area contributed by atoms with Crippen LogP contribution in [0.2, 0.25) is 0 Å². The molecule has 1 aromatic carbocycles. The van der Waals surface area contributed by atoms with E-state index >= 15 is 0 Å². The van der Waals surface area contributed by atoms with Crippen LogP contribution in [0.25, 0.3) is 0 Å². The number of hydrogen-bond donors (Lipinski definition) is 1. The monoisotopic (exact) mass is 387 g/mol. The van der Waals surface area contributed by atoms with Gasteiger partial charge in [0.25, 0.3) is 0 Å². The van der Waals surface area contributed by atoms with E-state index in [2.05, 4.69) is 69.3 Å². The second-order valence-electron chi connectivity index (χ2n) is 5.62. The Labute approximate surface area is 133 Å².